The Labute approximate surface area is 173 Å². The summed E-state index contributed by atoms with van der Waals surface area (Å²) in [7, 11) is -3.74. The highest BCUT2D eigenvalue weighted by molar-refractivity contribution is 7.89. The third kappa shape index (κ3) is 4.48. The van der Waals surface area contributed by atoms with Crippen molar-refractivity contribution >= 4 is 21.5 Å². The second-order valence-electron chi connectivity index (χ2n) is 6.45. The molecule has 0 spiro atoms. The number of primary sulfonamides is 1. The van der Waals surface area contributed by atoms with Gasteiger partial charge in [0, 0.05) is 23.6 Å². The van der Waals surface area contributed by atoms with Crippen molar-refractivity contribution in [2.24, 2.45) is 5.14 Å². The number of nitrogens with two attached hydrogens (primary N) is 1. The number of ether oxygens (including phenoxy) is 1. The number of pyridine rings is 2. The fraction of sp³-hybridized carbons (Fsp3) is 0.0476. The Morgan fingerprint density at radius 3 is 2.57 bits per heavy atom. The molecule has 1 aromatic carbocycles. The Bertz CT molecular complexity index is 1270. The topological polar surface area (TPSA) is 120 Å². The van der Waals surface area contributed by atoms with E-state index in [0.29, 0.717) is 34.5 Å². The van der Waals surface area contributed by atoms with Crippen molar-refractivity contribution in [3.05, 3.63) is 78.8 Å². The number of anilines is 2. The van der Waals surface area contributed by atoms with Crippen LogP contribution >= 0.6 is 0 Å². The summed E-state index contributed by atoms with van der Waals surface area (Å²) in [5.41, 5.74) is 2.10. The molecule has 4 aromatic rings. The molecule has 0 bridgehead atoms. The van der Waals surface area contributed by atoms with Gasteiger partial charge < -0.3 is 14.5 Å². The minimum atomic E-state index is -3.74. The molecular weight excluding hydrogens is 404 g/mol. The van der Waals surface area contributed by atoms with Gasteiger partial charge in [-0.05, 0) is 61.5 Å². The Hall–Kier alpha value is -3.69. The van der Waals surface area contributed by atoms with Crippen molar-refractivity contribution in [3.63, 3.8) is 0 Å². The lowest BCUT2D eigenvalue weighted by Gasteiger charge is -2.11. The van der Waals surface area contributed by atoms with Crippen molar-refractivity contribution in [2.75, 3.05) is 5.32 Å². The van der Waals surface area contributed by atoms with E-state index in [2.05, 4.69) is 15.3 Å². The molecule has 9 heteroatoms. The molecule has 0 aliphatic heterocycles. The zero-order chi connectivity index (χ0) is 21.1. The average molecular weight is 422 g/mol. The van der Waals surface area contributed by atoms with Gasteiger partial charge in [0.15, 0.2) is 11.5 Å². The number of rotatable bonds is 6. The maximum atomic E-state index is 11.4. The molecule has 3 N–H and O–H groups in total. The SMILES string of the molecule is Cc1ccc(Oc2ccnc(Nc3ccc(S(N)(=O)=O)cc3)c2)c(-c2ccco2)n1. The number of furan rings is 1. The Morgan fingerprint density at radius 2 is 1.87 bits per heavy atom. The highest BCUT2D eigenvalue weighted by Gasteiger charge is 2.13. The van der Waals surface area contributed by atoms with Gasteiger partial charge in [-0.15, -0.1) is 0 Å². The van der Waals surface area contributed by atoms with Crippen LogP contribution in [0.25, 0.3) is 11.5 Å². The number of benzene rings is 1. The first-order valence-corrected chi connectivity index (χ1v) is 10.5. The van der Waals surface area contributed by atoms with Crippen molar-refractivity contribution in [3.8, 4) is 23.0 Å². The van der Waals surface area contributed by atoms with E-state index < -0.39 is 10.0 Å². The van der Waals surface area contributed by atoms with Crippen LogP contribution in [0.4, 0.5) is 11.5 Å². The first-order valence-electron chi connectivity index (χ1n) is 8.94. The largest absolute Gasteiger partial charge is 0.463 e. The lowest BCUT2D eigenvalue weighted by molar-refractivity contribution is 0.477. The van der Waals surface area contributed by atoms with Crippen LogP contribution in [0.3, 0.4) is 0 Å². The normalized spacial score (nSPS) is 11.3. The molecule has 0 amide bonds. The second-order valence-corrected chi connectivity index (χ2v) is 8.01. The van der Waals surface area contributed by atoms with E-state index in [1.54, 1.807) is 42.8 Å². The standard InChI is InChI=1S/C21H18N4O4S/c1-14-4-9-19(21(24-14)18-3-2-12-28-18)29-16-10-11-23-20(13-16)25-15-5-7-17(8-6-15)30(22,26)27/h2-13H,1H3,(H,23,25)(H2,22,26,27). The molecule has 0 aliphatic carbocycles. The summed E-state index contributed by atoms with van der Waals surface area (Å²) in [6, 6.07) is 16.8. The molecule has 30 heavy (non-hydrogen) atoms. The number of sulfonamides is 1. The maximum Gasteiger partial charge on any atom is 0.238 e. The van der Waals surface area contributed by atoms with Gasteiger partial charge in [0.2, 0.25) is 10.0 Å². The number of aryl methyl sites for hydroxylation is 1. The summed E-state index contributed by atoms with van der Waals surface area (Å²) >= 11 is 0. The monoisotopic (exact) mass is 422 g/mol. The van der Waals surface area contributed by atoms with E-state index in [1.807, 2.05) is 25.1 Å². The molecule has 0 saturated heterocycles. The first kappa shape index (κ1) is 19.6. The Balaban J connectivity index is 1.56. The fourth-order valence-corrected chi connectivity index (χ4v) is 3.28. The summed E-state index contributed by atoms with van der Waals surface area (Å²) < 4.78 is 34.2. The molecule has 0 fully saturated rings. The molecule has 0 atom stereocenters. The van der Waals surface area contributed by atoms with E-state index in [1.165, 1.54) is 12.1 Å². The van der Waals surface area contributed by atoms with Crippen molar-refractivity contribution in [1.82, 2.24) is 9.97 Å². The third-order valence-electron chi connectivity index (χ3n) is 4.17. The van der Waals surface area contributed by atoms with Crippen molar-refractivity contribution < 1.29 is 17.6 Å². The van der Waals surface area contributed by atoms with Crippen molar-refractivity contribution in [1.29, 1.82) is 0 Å². The van der Waals surface area contributed by atoms with Crippen LogP contribution in [-0.2, 0) is 10.0 Å². The smallest absolute Gasteiger partial charge is 0.238 e. The molecule has 0 unspecified atom stereocenters. The average Bonchev–Trinajstić information content (AvgIpc) is 3.24. The summed E-state index contributed by atoms with van der Waals surface area (Å²) in [5, 5.41) is 8.22. The van der Waals surface area contributed by atoms with Crippen molar-refractivity contribution in [2.45, 2.75) is 11.8 Å². The summed E-state index contributed by atoms with van der Waals surface area (Å²) in [6.45, 7) is 1.89. The zero-order valence-electron chi connectivity index (χ0n) is 15.9. The number of nitrogens with one attached hydrogen (secondary N) is 1. The quantitative estimate of drug-likeness (QED) is 0.477. The number of nitrogens with zero attached hydrogens (tertiary/aromatic N) is 2. The van der Waals surface area contributed by atoms with Gasteiger partial charge in [-0.25, -0.2) is 23.5 Å². The molecule has 0 saturated carbocycles. The van der Waals surface area contributed by atoms with Crippen LogP contribution in [0.2, 0.25) is 0 Å². The summed E-state index contributed by atoms with van der Waals surface area (Å²) in [4.78, 5) is 8.82. The van der Waals surface area contributed by atoms with Gasteiger partial charge in [-0.3, -0.25) is 0 Å². The van der Waals surface area contributed by atoms with Gasteiger partial charge in [0.05, 0.1) is 11.2 Å². The van der Waals surface area contributed by atoms with Crippen LogP contribution in [0.15, 0.2) is 82.4 Å². The van der Waals surface area contributed by atoms with Crippen LogP contribution in [0, 0.1) is 6.92 Å². The molecule has 3 aromatic heterocycles. The Morgan fingerprint density at radius 1 is 1.07 bits per heavy atom. The molecule has 8 nitrogen and oxygen atoms in total. The number of aromatic nitrogens is 2. The maximum absolute atomic E-state index is 11.4. The molecule has 3 heterocycles. The number of hydrogen-bond donors (Lipinski definition) is 2. The zero-order valence-corrected chi connectivity index (χ0v) is 16.8. The van der Waals surface area contributed by atoms with Gasteiger partial charge in [-0.1, -0.05) is 0 Å². The van der Waals surface area contributed by atoms with E-state index in [9.17, 15) is 8.42 Å². The molecule has 4 rings (SSSR count). The molecule has 0 aliphatic rings. The van der Waals surface area contributed by atoms with Gasteiger partial charge in [-0.2, -0.15) is 0 Å². The van der Waals surface area contributed by atoms with E-state index in [-0.39, 0.29) is 4.90 Å². The lowest BCUT2D eigenvalue weighted by Crippen LogP contribution is -2.11. The third-order valence-corrected chi connectivity index (χ3v) is 5.10. The fourth-order valence-electron chi connectivity index (χ4n) is 2.76. The van der Waals surface area contributed by atoms with E-state index in [4.69, 9.17) is 14.3 Å². The molecule has 152 valence electrons. The minimum Gasteiger partial charge on any atom is -0.463 e. The lowest BCUT2D eigenvalue weighted by atomic mass is 10.2. The highest BCUT2D eigenvalue weighted by Crippen LogP contribution is 2.33. The van der Waals surface area contributed by atoms with Crippen LogP contribution in [0.5, 0.6) is 11.5 Å². The summed E-state index contributed by atoms with van der Waals surface area (Å²) in [5.74, 6) is 2.23. The van der Waals surface area contributed by atoms with Crippen LogP contribution < -0.4 is 15.2 Å². The van der Waals surface area contributed by atoms with E-state index >= 15 is 0 Å². The molecule has 0 radical (unpaired) electrons. The van der Waals surface area contributed by atoms with E-state index in [0.717, 1.165) is 5.69 Å². The van der Waals surface area contributed by atoms with Crippen LogP contribution in [0.1, 0.15) is 5.69 Å². The van der Waals surface area contributed by atoms with Gasteiger partial charge in [0.25, 0.3) is 0 Å². The Kier molecular flexibility index (Phi) is 5.21. The summed E-state index contributed by atoms with van der Waals surface area (Å²) in [6.07, 6.45) is 3.18. The second kappa shape index (κ2) is 7.97. The van der Waals surface area contributed by atoms with Gasteiger partial charge >= 0.3 is 0 Å². The first-order chi connectivity index (χ1) is 14.4. The molecular formula is C21H18N4O4S. The van der Waals surface area contributed by atoms with Gasteiger partial charge in [0.1, 0.15) is 17.3 Å². The predicted octanol–water partition coefficient (Wildman–Crippen LogP) is 4.23. The predicted molar refractivity (Wildman–Crippen MR) is 112 cm³/mol. The highest BCUT2D eigenvalue weighted by atomic mass is 32.2. The minimum absolute atomic E-state index is 0.0374. The van der Waals surface area contributed by atoms with Crippen LogP contribution in [-0.4, -0.2) is 18.4 Å². The number of hydrogen-bond acceptors (Lipinski definition) is 7.